The van der Waals surface area contributed by atoms with E-state index in [-0.39, 0.29) is 18.0 Å². The summed E-state index contributed by atoms with van der Waals surface area (Å²) in [6, 6.07) is 3.53. The topological polar surface area (TPSA) is 59.5 Å². The molecule has 88 valence electrons. The fraction of sp³-hybridized carbons (Fsp3) is 0.545. The number of rotatable bonds is 2. The highest BCUT2D eigenvalue weighted by Crippen LogP contribution is 2.32. The summed E-state index contributed by atoms with van der Waals surface area (Å²) in [4.78, 5) is 13.6. The van der Waals surface area contributed by atoms with Gasteiger partial charge in [-0.3, -0.25) is 4.79 Å². The summed E-state index contributed by atoms with van der Waals surface area (Å²) in [6.07, 6.45) is 1.26. The predicted octanol–water partition coefficient (Wildman–Crippen LogP) is 2.05. The van der Waals surface area contributed by atoms with E-state index in [4.69, 9.17) is 10.2 Å². The highest BCUT2D eigenvalue weighted by atomic mass is 79.9. The van der Waals surface area contributed by atoms with Crippen LogP contribution >= 0.6 is 15.9 Å². The maximum atomic E-state index is 11.8. The van der Waals surface area contributed by atoms with Gasteiger partial charge in [0.2, 0.25) is 5.91 Å². The molecule has 0 spiro atoms. The van der Waals surface area contributed by atoms with E-state index in [9.17, 15) is 4.79 Å². The lowest BCUT2D eigenvalue weighted by Gasteiger charge is -2.37. The van der Waals surface area contributed by atoms with Gasteiger partial charge in [-0.25, -0.2) is 0 Å². The van der Waals surface area contributed by atoms with Crippen molar-refractivity contribution in [3.05, 3.63) is 22.6 Å². The maximum absolute atomic E-state index is 11.8. The minimum atomic E-state index is -0.127. The molecule has 2 heterocycles. The third kappa shape index (κ3) is 2.01. The SMILES string of the molecule is CCN1C(=O)CCC(N)C1c1ccc(Br)o1. The van der Waals surface area contributed by atoms with Crippen molar-refractivity contribution >= 4 is 21.8 Å². The van der Waals surface area contributed by atoms with Crippen molar-refractivity contribution in [1.82, 2.24) is 4.90 Å². The third-order valence-corrected chi connectivity index (χ3v) is 3.41. The first kappa shape index (κ1) is 11.7. The molecule has 4 nitrogen and oxygen atoms in total. The normalized spacial score (nSPS) is 26.2. The van der Waals surface area contributed by atoms with Gasteiger partial charge in [0.1, 0.15) is 11.8 Å². The monoisotopic (exact) mass is 286 g/mol. The Morgan fingerprint density at radius 1 is 1.62 bits per heavy atom. The predicted molar refractivity (Wildman–Crippen MR) is 63.7 cm³/mol. The number of carbonyl (C=O) groups is 1. The van der Waals surface area contributed by atoms with E-state index in [0.717, 1.165) is 12.2 Å². The van der Waals surface area contributed by atoms with Gasteiger partial charge in [0.05, 0.1) is 0 Å². The Kier molecular flexibility index (Phi) is 3.35. The second-order valence-electron chi connectivity index (χ2n) is 3.97. The number of hydrogen-bond donors (Lipinski definition) is 1. The van der Waals surface area contributed by atoms with Gasteiger partial charge in [0, 0.05) is 19.0 Å². The zero-order valence-corrected chi connectivity index (χ0v) is 10.7. The lowest BCUT2D eigenvalue weighted by Crippen LogP contribution is -2.48. The Morgan fingerprint density at radius 3 is 2.94 bits per heavy atom. The Bertz CT molecular complexity index is 391. The lowest BCUT2D eigenvalue weighted by atomic mass is 9.94. The van der Waals surface area contributed by atoms with E-state index in [2.05, 4.69) is 15.9 Å². The molecule has 0 aliphatic carbocycles. The molecule has 1 aliphatic rings. The minimum absolute atomic E-state index is 0.0456. The molecule has 0 saturated carbocycles. The van der Waals surface area contributed by atoms with E-state index in [1.807, 2.05) is 19.1 Å². The van der Waals surface area contributed by atoms with Crippen LogP contribution in [0.3, 0.4) is 0 Å². The highest BCUT2D eigenvalue weighted by Gasteiger charge is 2.35. The van der Waals surface area contributed by atoms with E-state index in [1.165, 1.54) is 0 Å². The first-order chi connectivity index (χ1) is 7.63. The molecule has 1 aromatic rings. The molecular formula is C11H15BrN2O2. The molecule has 1 saturated heterocycles. The second-order valence-corrected chi connectivity index (χ2v) is 4.75. The largest absolute Gasteiger partial charge is 0.452 e. The molecule has 16 heavy (non-hydrogen) atoms. The zero-order valence-electron chi connectivity index (χ0n) is 9.15. The summed E-state index contributed by atoms with van der Waals surface area (Å²) in [5.74, 6) is 0.913. The lowest BCUT2D eigenvalue weighted by molar-refractivity contribution is -0.137. The summed E-state index contributed by atoms with van der Waals surface area (Å²) in [5, 5.41) is 0. The number of likely N-dealkylation sites (N-methyl/N-ethyl adjacent to an activating group) is 1. The van der Waals surface area contributed by atoms with Crippen molar-refractivity contribution in [2.24, 2.45) is 5.73 Å². The van der Waals surface area contributed by atoms with Crippen molar-refractivity contribution in [2.45, 2.75) is 31.8 Å². The third-order valence-electron chi connectivity index (χ3n) is 2.98. The van der Waals surface area contributed by atoms with Crippen molar-refractivity contribution in [3.8, 4) is 0 Å². The van der Waals surface area contributed by atoms with Crippen LogP contribution in [0.5, 0.6) is 0 Å². The van der Waals surface area contributed by atoms with Crippen molar-refractivity contribution in [1.29, 1.82) is 0 Å². The van der Waals surface area contributed by atoms with Gasteiger partial charge in [-0.05, 0) is 41.4 Å². The quantitative estimate of drug-likeness (QED) is 0.905. The number of amides is 1. The molecule has 1 amide bonds. The summed E-state index contributed by atoms with van der Waals surface area (Å²) in [6.45, 7) is 2.62. The number of hydrogen-bond acceptors (Lipinski definition) is 3. The van der Waals surface area contributed by atoms with Gasteiger partial charge in [0.25, 0.3) is 0 Å². The van der Waals surface area contributed by atoms with Gasteiger partial charge in [-0.2, -0.15) is 0 Å². The van der Waals surface area contributed by atoms with E-state index >= 15 is 0 Å². The van der Waals surface area contributed by atoms with E-state index in [0.29, 0.717) is 17.6 Å². The minimum Gasteiger partial charge on any atom is -0.452 e. The van der Waals surface area contributed by atoms with Crippen molar-refractivity contribution < 1.29 is 9.21 Å². The number of likely N-dealkylation sites (tertiary alicyclic amines) is 1. The van der Waals surface area contributed by atoms with Gasteiger partial charge in [0.15, 0.2) is 4.67 Å². The van der Waals surface area contributed by atoms with E-state index < -0.39 is 0 Å². The van der Waals surface area contributed by atoms with Gasteiger partial charge in [-0.15, -0.1) is 0 Å². The van der Waals surface area contributed by atoms with Crippen molar-refractivity contribution in [2.75, 3.05) is 6.54 Å². The maximum Gasteiger partial charge on any atom is 0.223 e. The van der Waals surface area contributed by atoms with Gasteiger partial charge < -0.3 is 15.1 Å². The number of piperidine rings is 1. The Balaban J connectivity index is 2.30. The van der Waals surface area contributed by atoms with Crippen LogP contribution in [-0.4, -0.2) is 23.4 Å². The fourth-order valence-corrected chi connectivity index (χ4v) is 2.52. The number of carbonyl (C=O) groups excluding carboxylic acids is 1. The molecule has 2 N–H and O–H groups in total. The van der Waals surface area contributed by atoms with Crippen LogP contribution in [0.15, 0.2) is 21.2 Å². The molecule has 1 aliphatic heterocycles. The second kappa shape index (κ2) is 4.59. The summed E-state index contributed by atoms with van der Waals surface area (Å²) in [7, 11) is 0. The van der Waals surface area contributed by atoms with Crippen molar-refractivity contribution in [3.63, 3.8) is 0 Å². The van der Waals surface area contributed by atoms with Crippen LogP contribution in [-0.2, 0) is 4.79 Å². The highest BCUT2D eigenvalue weighted by molar-refractivity contribution is 9.10. The Labute approximate surface area is 103 Å². The molecule has 5 heteroatoms. The van der Waals surface area contributed by atoms with Gasteiger partial charge in [-0.1, -0.05) is 0 Å². The Hall–Kier alpha value is -0.810. The zero-order chi connectivity index (χ0) is 11.7. The van der Waals surface area contributed by atoms with Crippen LogP contribution < -0.4 is 5.73 Å². The standard InChI is InChI=1S/C11H15BrN2O2/c1-2-14-10(15)6-3-7(13)11(14)8-4-5-9(12)16-8/h4-5,7,11H,2-3,6,13H2,1H3. The fourth-order valence-electron chi connectivity index (χ4n) is 2.20. The molecule has 2 unspecified atom stereocenters. The van der Waals surface area contributed by atoms with Crippen LogP contribution in [0.25, 0.3) is 0 Å². The summed E-state index contributed by atoms with van der Waals surface area (Å²) < 4.78 is 6.19. The average molecular weight is 287 g/mol. The molecular weight excluding hydrogens is 272 g/mol. The van der Waals surface area contributed by atoms with Gasteiger partial charge >= 0.3 is 0 Å². The molecule has 1 fully saturated rings. The molecule has 2 atom stereocenters. The number of furan rings is 1. The molecule has 0 radical (unpaired) electrons. The Morgan fingerprint density at radius 2 is 2.38 bits per heavy atom. The number of nitrogens with zero attached hydrogens (tertiary/aromatic N) is 1. The summed E-state index contributed by atoms with van der Waals surface area (Å²) in [5.41, 5.74) is 6.08. The van der Waals surface area contributed by atoms with Crippen LogP contribution in [0.1, 0.15) is 31.6 Å². The summed E-state index contributed by atoms with van der Waals surface area (Å²) >= 11 is 3.26. The number of nitrogens with two attached hydrogens (primary N) is 1. The molecule has 0 aromatic carbocycles. The average Bonchev–Trinajstić information content (AvgIpc) is 2.67. The smallest absolute Gasteiger partial charge is 0.223 e. The van der Waals surface area contributed by atoms with E-state index in [1.54, 1.807) is 4.90 Å². The first-order valence-corrected chi connectivity index (χ1v) is 6.23. The molecule has 1 aromatic heterocycles. The van der Waals surface area contributed by atoms with Crippen LogP contribution in [0.4, 0.5) is 0 Å². The first-order valence-electron chi connectivity index (χ1n) is 5.43. The molecule has 2 rings (SSSR count). The van der Waals surface area contributed by atoms with Crippen LogP contribution in [0, 0.1) is 0 Å². The number of halogens is 1. The van der Waals surface area contributed by atoms with Crippen LogP contribution in [0.2, 0.25) is 0 Å². The molecule has 0 bridgehead atoms.